The molecule has 0 spiro atoms. The molecule has 0 aliphatic rings. The highest BCUT2D eigenvalue weighted by atomic mass is 35.5. The predicted molar refractivity (Wildman–Crippen MR) is 88.0 cm³/mol. The first-order chi connectivity index (χ1) is 10.1. The molecular formula is C16H16Cl2N2O. The summed E-state index contributed by atoms with van der Waals surface area (Å²) in [7, 11) is 0. The predicted octanol–water partition coefficient (Wildman–Crippen LogP) is 4.03. The molecule has 21 heavy (non-hydrogen) atoms. The van der Waals surface area contributed by atoms with Gasteiger partial charge in [0.25, 0.3) is 0 Å². The van der Waals surface area contributed by atoms with Gasteiger partial charge in [-0.25, -0.2) is 0 Å². The summed E-state index contributed by atoms with van der Waals surface area (Å²) < 4.78 is 0. The van der Waals surface area contributed by atoms with E-state index in [1.165, 1.54) is 0 Å². The lowest BCUT2D eigenvalue weighted by molar-refractivity contribution is -0.115. The first-order valence-electron chi connectivity index (χ1n) is 6.56. The number of amides is 1. The Labute approximate surface area is 134 Å². The maximum atomic E-state index is 11.9. The van der Waals surface area contributed by atoms with Crippen molar-refractivity contribution in [2.75, 3.05) is 11.9 Å². The van der Waals surface area contributed by atoms with Gasteiger partial charge in [-0.1, -0.05) is 41.4 Å². The minimum Gasteiger partial charge on any atom is -0.325 e. The van der Waals surface area contributed by atoms with Gasteiger partial charge in [-0.15, -0.1) is 0 Å². The summed E-state index contributed by atoms with van der Waals surface area (Å²) in [4.78, 5) is 11.9. The molecule has 0 aliphatic carbocycles. The van der Waals surface area contributed by atoms with Crippen LogP contribution in [0.5, 0.6) is 0 Å². The lowest BCUT2D eigenvalue weighted by Crippen LogP contribution is -2.27. The zero-order valence-electron chi connectivity index (χ0n) is 11.6. The number of rotatable bonds is 5. The number of anilines is 1. The van der Waals surface area contributed by atoms with Crippen molar-refractivity contribution >= 4 is 34.8 Å². The van der Waals surface area contributed by atoms with E-state index < -0.39 is 0 Å². The maximum Gasteiger partial charge on any atom is 0.238 e. The minimum atomic E-state index is -0.102. The average molecular weight is 323 g/mol. The van der Waals surface area contributed by atoms with Crippen LogP contribution in [0, 0.1) is 6.92 Å². The van der Waals surface area contributed by atoms with E-state index in [0.29, 0.717) is 16.6 Å². The smallest absolute Gasteiger partial charge is 0.238 e. The van der Waals surface area contributed by atoms with Crippen molar-refractivity contribution in [1.82, 2.24) is 5.32 Å². The van der Waals surface area contributed by atoms with Crippen molar-refractivity contribution < 1.29 is 4.79 Å². The lowest BCUT2D eigenvalue weighted by atomic mass is 10.2. The fourth-order valence-corrected chi connectivity index (χ4v) is 2.16. The number of hydrogen-bond donors (Lipinski definition) is 2. The molecule has 0 aromatic heterocycles. The van der Waals surface area contributed by atoms with Crippen molar-refractivity contribution in [2.45, 2.75) is 13.5 Å². The molecule has 0 atom stereocenters. The second-order valence-corrected chi connectivity index (χ2v) is 5.53. The standard InChI is InChI=1S/C16H16Cl2N2O/c1-11-14(18)3-2-4-15(11)20-16(21)10-19-9-12-5-7-13(17)8-6-12/h2-8,19H,9-10H2,1H3,(H,20,21). The Kier molecular flexibility index (Phi) is 5.62. The van der Waals surface area contributed by atoms with Gasteiger partial charge in [0.1, 0.15) is 0 Å². The largest absolute Gasteiger partial charge is 0.325 e. The summed E-state index contributed by atoms with van der Waals surface area (Å²) in [5.74, 6) is -0.102. The summed E-state index contributed by atoms with van der Waals surface area (Å²) in [6.45, 7) is 2.72. The Morgan fingerprint density at radius 1 is 1.10 bits per heavy atom. The van der Waals surface area contributed by atoms with E-state index in [1.807, 2.05) is 43.3 Å². The van der Waals surface area contributed by atoms with E-state index in [2.05, 4.69) is 10.6 Å². The van der Waals surface area contributed by atoms with Crippen LogP contribution in [0.1, 0.15) is 11.1 Å². The summed E-state index contributed by atoms with van der Waals surface area (Å²) in [6.07, 6.45) is 0. The Bertz CT molecular complexity index is 627. The van der Waals surface area contributed by atoms with Crippen molar-refractivity contribution in [3.8, 4) is 0 Å². The number of hydrogen-bond acceptors (Lipinski definition) is 2. The van der Waals surface area contributed by atoms with Crippen LogP contribution in [-0.4, -0.2) is 12.5 Å². The Hall–Kier alpha value is -1.55. The summed E-state index contributed by atoms with van der Waals surface area (Å²) in [5, 5.41) is 7.27. The Balaban J connectivity index is 1.82. The van der Waals surface area contributed by atoms with Gasteiger partial charge in [0.05, 0.1) is 6.54 Å². The Morgan fingerprint density at radius 2 is 1.81 bits per heavy atom. The molecule has 2 rings (SSSR count). The number of carbonyl (C=O) groups excluding carboxylic acids is 1. The summed E-state index contributed by atoms with van der Waals surface area (Å²) in [5.41, 5.74) is 2.68. The Morgan fingerprint density at radius 3 is 2.52 bits per heavy atom. The van der Waals surface area contributed by atoms with E-state index in [0.717, 1.165) is 16.8 Å². The van der Waals surface area contributed by atoms with E-state index in [-0.39, 0.29) is 12.5 Å². The zero-order valence-corrected chi connectivity index (χ0v) is 13.1. The molecule has 5 heteroatoms. The van der Waals surface area contributed by atoms with Crippen LogP contribution in [0.25, 0.3) is 0 Å². The molecule has 1 amide bonds. The van der Waals surface area contributed by atoms with Gasteiger partial charge in [-0.05, 0) is 42.3 Å². The third-order valence-electron chi connectivity index (χ3n) is 3.07. The van der Waals surface area contributed by atoms with Gasteiger partial charge in [0.2, 0.25) is 5.91 Å². The fraction of sp³-hybridized carbons (Fsp3) is 0.188. The van der Waals surface area contributed by atoms with Crippen molar-refractivity contribution in [1.29, 1.82) is 0 Å². The van der Waals surface area contributed by atoms with E-state index in [4.69, 9.17) is 23.2 Å². The third kappa shape index (κ3) is 4.74. The second-order valence-electron chi connectivity index (χ2n) is 4.69. The van der Waals surface area contributed by atoms with Crippen LogP contribution in [-0.2, 0) is 11.3 Å². The zero-order chi connectivity index (χ0) is 15.2. The van der Waals surface area contributed by atoms with Gasteiger partial charge >= 0.3 is 0 Å². The molecule has 2 N–H and O–H groups in total. The average Bonchev–Trinajstić information content (AvgIpc) is 2.46. The van der Waals surface area contributed by atoms with E-state index in [1.54, 1.807) is 6.07 Å². The van der Waals surface area contributed by atoms with Crippen LogP contribution in [0.2, 0.25) is 10.0 Å². The highest BCUT2D eigenvalue weighted by molar-refractivity contribution is 6.31. The number of halogens is 2. The van der Waals surface area contributed by atoms with Gasteiger partial charge in [0, 0.05) is 22.3 Å². The van der Waals surface area contributed by atoms with Crippen molar-refractivity contribution in [2.24, 2.45) is 0 Å². The minimum absolute atomic E-state index is 0.102. The van der Waals surface area contributed by atoms with Gasteiger partial charge in [0.15, 0.2) is 0 Å². The maximum absolute atomic E-state index is 11.9. The van der Waals surface area contributed by atoms with Crippen LogP contribution in [0.3, 0.4) is 0 Å². The SMILES string of the molecule is Cc1c(Cl)cccc1NC(=O)CNCc1ccc(Cl)cc1. The van der Waals surface area contributed by atoms with Crippen LogP contribution >= 0.6 is 23.2 Å². The molecule has 2 aromatic rings. The van der Waals surface area contributed by atoms with Crippen LogP contribution in [0.15, 0.2) is 42.5 Å². The normalized spacial score (nSPS) is 10.4. The lowest BCUT2D eigenvalue weighted by Gasteiger charge is -2.10. The molecular weight excluding hydrogens is 307 g/mol. The monoisotopic (exact) mass is 322 g/mol. The number of carbonyl (C=O) groups is 1. The number of nitrogens with one attached hydrogen (secondary N) is 2. The quantitative estimate of drug-likeness (QED) is 0.872. The first kappa shape index (κ1) is 15.8. The molecule has 0 bridgehead atoms. The fourth-order valence-electron chi connectivity index (χ4n) is 1.86. The summed E-state index contributed by atoms with van der Waals surface area (Å²) in [6, 6.07) is 12.9. The van der Waals surface area contributed by atoms with Crippen LogP contribution in [0.4, 0.5) is 5.69 Å². The van der Waals surface area contributed by atoms with Crippen molar-refractivity contribution in [3.63, 3.8) is 0 Å². The van der Waals surface area contributed by atoms with Crippen molar-refractivity contribution in [3.05, 3.63) is 63.6 Å². The molecule has 0 saturated heterocycles. The molecule has 3 nitrogen and oxygen atoms in total. The topological polar surface area (TPSA) is 41.1 Å². The summed E-state index contributed by atoms with van der Waals surface area (Å²) >= 11 is 11.8. The highest BCUT2D eigenvalue weighted by Crippen LogP contribution is 2.22. The molecule has 2 aromatic carbocycles. The first-order valence-corrected chi connectivity index (χ1v) is 7.32. The van der Waals surface area contributed by atoms with Gasteiger partial charge < -0.3 is 10.6 Å². The molecule has 0 radical (unpaired) electrons. The van der Waals surface area contributed by atoms with Crippen LogP contribution < -0.4 is 10.6 Å². The van der Waals surface area contributed by atoms with E-state index in [9.17, 15) is 4.79 Å². The molecule has 110 valence electrons. The second kappa shape index (κ2) is 7.46. The highest BCUT2D eigenvalue weighted by Gasteiger charge is 2.06. The van der Waals surface area contributed by atoms with Gasteiger partial charge in [-0.3, -0.25) is 4.79 Å². The number of benzene rings is 2. The van der Waals surface area contributed by atoms with E-state index >= 15 is 0 Å². The molecule has 0 aliphatic heterocycles. The van der Waals surface area contributed by atoms with Gasteiger partial charge in [-0.2, -0.15) is 0 Å². The third-order valence-corrected chi connectivity index (χ3v) is 3.73. The molecule has 0 unspecified atom stereocenters. The molecule has 0 heterocycles. The molecule has 0 fully saturated rings. The molecule has 0 saturated carbocycles.